The van der Waals surface area contributed by atoms with Crippen molar-refractivity contribution in [2.75, 3.05) is 0 Å². The molecular formula is C14H16BLi. The van der Waals surface area contributed by atoms with E-state index in [1.165, 1.54) is 10.9 Å². The van der Waals surface area contributed by atoms with Gasteiger partial charge >= 0.3 is 18.9 Å². The van der Waals surface area contributed by atoms with Crippen LogP contribution in [0.2, 0.25) is 13.6 Å². The molecule has 2 aromatic rings. The summed E-state index contributed by atoms with van der Waals surface area (Å²) in [6.45, 7) is 4.65. The van der Waals surface area contributed by atoms with Crippen molar-refractivity contribution in [1.29, 1.82) is 0 Å². The van der Waals surface area contributed by atoms with E-state index in [0.29, 0.717) is 0 Å². The Hall–Kier alpha value is -0.898. The fourth-order valence-corrected chi connectivity index (χ4v) is 2.06. The molecule has 0 aliphatic heterocycles. The van der Waals surface area contributed by atoms with Crippen molar-refractivity contribution in [3.05, 3.63) is 60.7 Å². The van der Waals surface area contributed by atoms with Crippen molar-refractivity contribution in [1.82, 2.24) is 0 Å². The first-order valence-corrected chi connectivity index (χ1v) is 5.55. The minimum Gasteiger partial charge on any atom is -0.205 e. The molecular weight excluding hydrogens is 186 g/mol. The van der Waals surface area contributed by atoms with Crippen molar-refractivity contribution in [3.8, 4) is 0 Å². The van der Waals surface area contributed by atoms with Gasteiger partial charge in [0, 0.05) is 6.15 Å². The van der Waals surface area contributed by atoms with Gasteiger partial charge in [-0.05, 0) is 0 Å². The average molecular weight is 202 g/mol. The van der Waals surface area contributed by atoms with Crippen LogP contribution in [0.25, 0.3) is 0 Å². The summed E-state index contributed by atoms with van der Waals surface area (Å²) < 4.78 is 0. The van der Waals surface area contributed by atoms with Crippen molar-refractivity contribution in [2.45, 2.75) is 13.6 Å². The Balaban J connectivity index is 0.00000128. The van der Waals surface area contributed by atoms with Crippen molar-refractivity contribution in [2.24, 2.45) is 0 Å². The molecule has 0 saturated heterocycles. The minimum atomic E-state index is -0.608. The molecule has 0 aromatic heterocycles. The molecule has 0 spiro atoms. The molecule has 16 heavy (non-hydrogen) atoms. The van der Waals surface area contributed by atoms with Crippen LogP contribution in [0.5, 0.6) is 0 Å². The van der Waals surface area contributed by atoms with Crippen LogP contribution in [-0.2, 0) is 0 Å². The largest absolute Gasteiger partial charge is 1.00 e. The average Bonchev–Trinajstić information content (AvgIpc) is 2.31. The molecule has 2 aromatic carbocycles. The third-order valence-electron chi connectivity index (χ3n) is 3.27. The van der Waals surface area contributed by atoms with Gasteiger partial charge in [0.25, 0.3) is 0 Å². The van der Waals surface area contributed by atoms with E-state index in [0.717, 1.165) is 0 Å². The Morgan fingerprint density at radius 3 is 1.25 bits per heavy atom. The fourth-order valence-electron chi connectivity index (χ4n) is 2.06. The second-order valence-electron chi connectivity index (χ2n) is 4.70. The third kappa shape index (κ3) is 2.61. The van der Waals surface area contributed by atoms with E-state index in [9.17, 15) is 0 Å². The van der Waals surface area contributed by atoms with Gasteiger partial charge in [-0.3, -0.25) is 0 Å². The number of hydrogen-bond acceptors (Lipinski definition) is 0. The van der Waals surface area contributed by atoms with Gasteiger partial charge in [0.2, 0.25) is 0 Å². The van der Waals surface area contributed by atoms with Crippen LogP contribution in [0.4, 0.5) is 0 Å². The molecule has 0 aliphatic carbocycles. The Kier molecular flexibility index (Phi) is 4.47. The molecule has 0 amide bonds. The summed E-state index contributed by atoms with van der Waals surface area (Å²) >= 11 is 0. The second kappa shape index (κ2) is 5.44. The third-order valence-corrected chi connectivity index (χ3v) is 3.27. The summed E-state index contributed by atoms with van der Waals surface area (Å²) in [4.78, 5) is 0. The van der Waals surface area contributed by atoms with E-state index in [-0.39, 0.29) is 18.9 Å². The zero-order valence-electron chi connectivity index (χ0n) is 10.4. The van der Waals surface area contributed by atoms with Gasteiger partial charge in [-0.25, -0.2) is 10.9 Å². The van der Waals surface area contributed by atoms with Crippen LogP contribution >= 0.6 is 0 Å². The maximum absolute atomic E-state index is 2.32. The normalized spacial score (nSPS) is 10.6. The maximum atomic E-state index is 2.32. The van der Waals surface area contributed by atoms with E-state index in [1.807, 2.05) is 0 Å². The quantitative estimate of drug-likeness (QED) is 0.576. The molecule has 76 valence electrons. The van der Waals surface area contributed by atoms with Crippen molar-refractivity contribution in [3.63, 3.8) is 0 Å². The van der Waals surface area contributed by atoms with Gasteiger partial charge in [-0.15, -0.1) is 0 Å². The number of hydrogen-bond donors (Lipinski definition) is 0. The Labute approximate surface area is 110 Å². The van der Waals surface area contributed by atoms with Gasteiger partial charge < -0.3 is 0 Å². The van der Waals surface area contributed by atoms with Gasteiger partial charge in [0.05, 0.1) is 0 Å². The van der Waals surface area contributed by atoms with Crippen LogP contribution < -0.4 is 29.8 Å². The molecule has 0 N–H and O–H groups in total. The summed E-state index contributed by atoms with van der Waals surface area (Å²) in [5.74, 6) is 0. The first-order valence-electron chi connectivity index (χ1n) is 5.55. The van der Waals surface area contributed by atoms with Crippen molar-refractivity contribution >= 4 is 17.1 Å². The van der Waals surface area contributed by atoms with E-state index in [4.69, 9.17) is 0 Å². The molecule has 0 unspecified atom stereocenters. The van der Waals surface area contributed by atoms with Crippen LogP contribution in [0.3, 0.4) is 0 Å². The standard InChI is InChI=1S/C14H16B.Li/c1-15(2,13-9-5-3-6-10-13)14-11-7-4-8-12-14;/h3-12H,1-2H3;/q-1;+1. The number of rotatable bonds is 2. The maximum Gasteiger partial charge on any atom is 1.00 e. The Bertz CT molecular complexity index is 382. The molecule has 0 aliphatic rings. The van der Waals surface area contributed by atoms with Gasteiger partial charge in [-0.1, -0.05) is 60.7 Å². The van der Waals surface area contributed by atoms with Gasteiger partial charge in [0.1, 0.15) is 0 Å². The Morgan fingerprint density at radius 2 is 0.938 bits per heavy atom. The summed E-state index contributed by atoms with van der Waals surface area (Å²) in [6.07, 6.45) is -0.608. The van der Waals surface area contributed by atoms with Crippen molar-refractivity contribution < 1.29 is 18.9 Å². The second-order valence-corrected chi connectivity index (χ2v) is 4.70. The Morgan fingerprint density at radius 1 is 0.625 bits per heavy atom. The summed E-state index contributed by atoms with van der Waals surface area (Å²) in [7, 11) is 0. The minimum absolute atomic E-state index is 0. The van der Waals surface area contributed by atoms with Gasteiger partial charge in [0.15, 0.2) is 0 Å². The zero-order chi connectivity index (χ0) is 10.7. The van der Waals surface area contributed by atoms with Crippen LogP contribution in [0, 0.1) is 0 Å². The molecule has 0 fully saturated rings. The van der Waals surface area contributed by atoms with Crippen LogP contribution in [0.15, 0.2) is 60.7 Å². The molecule has 0 saturated carbocycles. The SMILES string of the molecule is C[B-](C)(c1ccccc1)c1ccccc1.[Li+]. The predicted molar refractivity (Wildman–Crippen MR) is 69.6 cm³/mol. The zero-order valence-corrected chi connectivity index (χ0v) is 10.4. The molecule has 2 heteroatoms. The fraction of sp³-hybridized carbons (Fsp3) is 0.143. The van der Waals surface area contributed by atoms with E-state index in [2.05, 4.69) is 74.3 Å². The topological polar surface area (TPSA) is 0 Å². The van der Waals surface area contributed by atoms with Gasteiger partial charge in [-0.2, -0.15) is 13.6 Å². The smallest absolute Gasteiger partial charge is 0.205 e. The summed E-state index contributed by atoms with van der Waals surface area (Å²) in [5.41, 5.74) is 2.84. The monoisotopic (exact) mass is 202 g/mol. The summed E-state index contributed by atoms with van der Waals surface area (Å²) in [5, 5.41) is 0. The molecule has 0 atom stereocenters. The molecule has 0 nitrogen and oxygen atoms in total. The number of benzene rings is 2. The molecule has 0 heterocycles. The first kappa shape index (κ1) is 13.2. The van der Waals surface area contributed by atoms with E-state index in [1.54, 1.807) is 0 Å². The van der Waals surface area contributed by atoms with Crippen LogP contribution in [-0.4, -0.2) is 6.15 Å². The molecule has 2 rings (SSSR count). The summed E-state index contributed by atoms with van der Waals surface area (Å²) in [6, 6.07) is 21.5. The molecule has 0 radical (unpaired) electrons. The first-order chi connectivity index (χ1) is 7.21. The van der Waals surface area contributed by atoms with E-state index >= 15 is 0 Å². The van der Waals surface area contributed by atoms with E-state index < -0.39 is 6.15 Å². The predicted octanol–water partition coefficient (Wildman–Crippen LogP) is -0.487. The van der Waals surface area contributed by atoms with Crippen LogP contribution in [0.1, 0.15) is 0 Å². The molecule has 0 bridgehead atoms.